The number of nitrogens with one attached hydrogen (secondary N) is 1. The van der Waals surface area contributed by atoms with Crippen molar-refractivity contribution in [2.75, 3.05) is 12.8 Å². The average Bonchev–Trinajstić information content (AvgIpc) is 2.89. The van der Waals surface area contributed by atoms with Gasteiger partial charge in [-0.2, -0.15) is 16.9 Å². The van der Waals surface area contributed by atoms with Gasteiger partial charge in [0, 0.05) is 24.8 Å². The second-order valence-corrected chi connectivity index (χ2v) is 6.35. The number of hydrogen-bond acceptors (Lipinski definition) is 3. The molecule has 5 heteroatoms. The molecule has 2 atom stereocenters. The normalized spacial score (nSPS) is 22.0. The molecule has 0 bridgehead atoms. The van der Waals surface area contributed by atoms with E-state index in [4.69, 9.17) is 11.6 Å². The number of likely N-dealkylation sites (N-methyl/N-ethyl adjacent to an activating group) is 1. The monoisotopic (exact) mass is 273 g/mol. The van der Waals surface area contributed by atoms with Crippen molar-refractivity contribution in [1.82, 2.24) is 15.1 Å². The Labute approximate surface area is 112 Å². The molecular weight excluding hydrogens is 254 g/mol. The van der Waals surface area contributed by atoms with Gasteiger partial charge in [-0.15, -0.1) is 0 Å². The fraction of sp³-hybridized carbons (Fsp3) is 0.750. The molecule has 0 aliphatic carbocycles. The SMILES string of the molecule is CNC(Cc1c(Cl)c(C)nn1C)C1CCCS1. The van der Waals surface area contributed by atoms with Gasteiger partial charge < -0.3 is 5.32 Å². The smallest absolute Gasteiger partial charge is 0.0847 e. The van der Waals surface area contributed by atoms with Gasteiger partial charge in [0.25, 0.3) is 0 Å². The van der Waals surface area contributed by atoms with Crippen LogP contribution in [0.25, 0.3) is 0 Å². The molecule has 1 fully saturated rings. The highest BCUT2D eigenvalue weighted by Crippen LogP contribution is 2.31. The molecule has 0 spiro atoms. The highest BCUT2D eigenvalue weighted by Gasteiger charge is 2.26. The predicted octanol–water partition coefficient (Wildman–Crippen LogP) is 2.41. The van der Waals surface area contributed by atoms with Crippen LogP contribution in [0.5, 0.6) is 0 Å². The van der Waals surface area contributed by atoms with Gasteiger partial charge in [0.2, 0.25) is 0 Å². The zero-order valence-corrected chi connectivity index (χ0v) is 12.2. The van der Waals surface area contributed by atoms with Crippen LogP contribution in [-0.4, -0.2) is 33.9 Å². The summed E-state index contributed by atoms with van der Waals surface area (Å²) in [4.78, 5) is 0. The minimum Gasteiger partial charge on any atom is -0.316 e. The van der Waals surface area contributed by atoms with E-state index < -0.39 is 0 Å². The standard InChI is InChI=1S/C12H20ClN3S/c1-8-12(13)10(16(3)15-8)7-9(14-2)11-5-4-6-17-11/h9,11,14H,4-7H2,1-3H3. The first-order valence-electron chi connectivity index (χ1n) is 6.10. The molecule has 0 amide bonds. The topological polar surface area (TPSA) is 29.9 Å². The third-order valence-corrected chi connectivity index (χ3v) is 5.47. The van der Waals surface area contributed by atoms with Gasteiger partial charge in [0.15, 0.2) is 0 Å². The molecule has 2 heterocycles. The summed E-state index contributed by atoms with van der Waals surface area (Å²) in [5, 5.41) is 9.35. The molecule has 0 aromatic carbocycles. The lowest BCUT2D eigenvalue weighted by molar-refractivity contribution is 0.507. The van der Waals surface area contributed by atoms with Crippen LogP contribution in [-0.2, 0) is 13.5 Å². The van der Waals surface area contributed by atoms with Crippen LogP contribution in [0.4, 0.5) is 0 Å². The third-order valence-electron chi connectivity index (χ3n) is 3.46. The van der Waals surface area contributed by atoms with Gasteiger partial charge in [0.1, 0.15) is 0 Å². The fourth-order valence-electron chi connectivity index (χ4n) is 2.45. The lowest BCUT2D eigenvalue weighted by Crippen LogP contribution is -2.37. The molecule has 1 aromatic heterocycles. The van der Waals surface area contributed by atoms with Gasteiger partial charge in [-0.3, -0.25) is 4.68 Å². The van der Waals surface area contributed by atoms with E-state index in [2.05, 4.69) is 22.2 Å². The Bertz CT molecular complexity index is 385. The molecule has 2 rings (SSSR count). The Balaban J connectivity index is 2.12. The molecule has 17 heavy (non-hydrogen) atoms. The Morgan fingerprint density at radius 1 is 1.65 bits per heavy atom. The van der Waals surface area contributed by atoms with Gasteiger partial charge in [-0.25, -0.2) is 0 Å². The second kappa shape index (κ2) is 5.63. The van der Waals surface area contributed by atoms with E-state index in [1.54, 1.807) is 0 Å². The van der Waals surface area contributed by atoms with Gasteiger partial charge in [-0.1, -0.05) is 11.6 Å². The quantitative estimate of drug-likeness (QED) is 0.914. The van der Waals surface area contributed by atoms with Crippen molar-refractivity contribution in [3.05, 3.63) is 16.4 Å². The van der Waals surface area contributed by atoms with Crippen molar-refractivity contribution in [1.29, 1.82) is 0 Å². The van der Waals surface area contributed by atoms with Crippen LogP contribution >= 0.6 is 23.4 Å². The molecule has 1 aliphatic heterocycles. The van der Waals surface area contributed by atoms with E-state index in [9.17, 15) is 0 Å². The molecule has 1 aliphatic rings. The summed E-state index contributed by atoms with van der Waals surface area (Å²) >= 11 is 8.38. The minimum absolute atomic E-state index is 0.495. The lowest BCUT2D eigenvalue weighted by Gasteiger charge is -2.22. The number of aryl methyl sites for hydroxylation is 2. The van der Waals surface area contributed by atoms with Gasteiger partial charge >= 0.3 is 0 Å². The van der Waals surface area contributed by atoms with Crippen molar-refractivity contribution in [3.8, 4) is 0 Å². The van der Waals surface area contributed by atoms with Crippen molar-refractivity contribution in [3.63, 3.8) is 0 Å². The van der Waals surface area contributed by atoms with E-state index in [-0.39, 0.29) is 0 Å². The van der Waals surface area contributed by atoms with Crippen LogP contribution in [0.15, 0.2) is 0 Å². The third kappa shape index (κ3) is 2.80. The Morgan fingerprint density at radius 2 is 2.41 bits per heavy atom. The summed E-state index contributed by atoms with van der Waals surface area (Å²) in [6.45, 7) is 1.96. The molecule has 3 nitrogen and oxygen atoms in total. The zero-order chi connectivity index (χ0) is 12.4. The molecule has 1 saturated heterocycles. The first-order chi connectivity index (χ1) is 8.13. The predicted molar refractivity (Wildman–Crippen MR) is 75.0 cm³/mol. The van der Waals surface area contributed by atoms with Crippen molar-refractivity contribution < 1.29 is 0 Å². The van der Waals surface area contributed by atoms with E-state index in [1.165, 1.54) is 18.6 Å². The summed E-state index contributed by atoms with van der Waals surface area (Å²) < 4.78 is 1.92. The van der Waals surface area contributed by atoms with E-state index in [0.29, 0.717) is 11.3 Å². The summed E-state index contributed by atoms with van der Waals surface area (Å²) in [5.41, 5.74) is 2.08. The number of aromatic nitrogens is 2. The molecule has 1 N–H and O–H groups in total. The summed E-state index contributed by atoms with van der Waals surface area (Å²) in [7, 11) is 4.02. The number of rotatable bonds is 4. The second-order valence-electron chi connectivity index (χ2n) is 4.62. The number of thioether (sulfide) groups is 1. The Kier molecular flexibility index (Phi) is 4.39. The Morgan fingerprint density at radius 3 is 2.88 bits per heavy atom. The molecular formula is C12H20ClN3S. The van der Waals surface area contributed by atoms with Crippen LogP contribution in [0, 0.1) is 6.92 Å². The highest BCUT2D eigenvalue weighted by molar-refractivity contribution is 8.00. The maximum absolute atomic E-state index is 6.30. The molecule has 1 aromatic rings. The summed E-state index contributed by atoms with van der Waals surface area (Å²) in [6.07, 6.45) is 3.61. The van der Waals surface area contributed by atoms with Crippen LogP contribution < -0.4 is 5.32 Å². The van der Waals surface area contributed by atoms with Crippen molar-refractivity contribution >= 4 is 23.4 Å². The molecule has 2 unspecified atom stereocenters. The first kappa shape index (κ1) is 13.2. The van der Waals surface area contributed by atoms with Crippen LogP contribution in [0.2, 0.25) is 5.02 Å². The largest absolute Gasteiger partial charge is 0.316 e. The van der Waals surface area contributed by atoms with Crippen LogP contribution in [0.3, 0.4) is 0 Å². The van der Waals surface area contributed by atoms with E-state index in [0.717, 1.165) is 22.8 Å². The van der Waals surface area contributed by atoms with Crippen molar-refractivity contribution in [2.24, 2.45) is 7.05 Å². The zero-order valence-electron chi connectivity index (χ0n) is 10.7. The average molecular weight is 274 g/mol. The molecule has 0 saturated carbocycles. The minimum atomic E-state index is 0.495. The summed E-state index contributed by atoms with van der Waals surface area (Å²) in [6, 6.07) is 0.495. The highest BCUT2D eigenvalue weighted by atomic mass is 35.5. The van der Waals surface area contributed by atoms with Gasteiger partial charge in [0.05, 0.1) is 16.4 Å². The number of nitrogens with zero attached hydrogens (tertiary/aromatic N) is 2. The maximum atomic E-state index is 6.30. The van der Waals surface area contributed by atoms with Gasteiger partial charge in [-0.05, 0) is 32.6 Å². The maximum Gasteiger partial charge on any atom is 0.0847 e. The Hall–Kier alpha value is -0.190. The van der Waals surface area contributed by atoms with E-state index in [1.807, 2.05) is 25.7 Å². The van der Waals surface area contributed by atoms with Crippen molar-refractivity contribution in [2.45, 2.75) is 37.5 Å². The summed E-state index contributed by atoms with van der Waals surface area (Å²) in [5.74, 6) is 1.29. The lowest BCUT2D eigenvalue weighted by atomic mass is 10.0. The fourth-order valence-corrected chi connectivity index (χ4v) is 4.12. The number of halogens is 1. The molecule has 96 valence electrons. The van der Waals surface area contributed by atoms with Crippen LogP contribution in [0.1, 0.15) is 24.2 Å². The molecule has 0 radical (unpaired) electrons. The first-order valence-corrected chi connectivity index (χ1v) is 7.53. The van der Waals surface area contributed by atoms with E-state index >= 15 is 0 Å². The number of hydrogen-bond donors (Lipinski definition) is 1.